The molecule has 3 aromatic rings. The third-order valence-corrected chi connectivity index (χ3v) is 6.49. The fourth-order valence-electron chi connectivity index (χ4n) is 3.41. The molecule has 2 amide bonds. The van der Waals surface area contributed by atoms with Crippen LogP contribution in [0.3, 0.4) is 0 Å². The second kappa shape index (κ2) is 8.14. The minimum Gasteiger partial charge on any atom is -0.347 e. The molecule has 1 saturated carbocycles. The highest BCUT2D eigenvalue weighted by Crippen LogP contribution is 2.40. The lowest BCUT2D eigenvalue weighted by molar-refractivity contribution is -0.118. The number of hydrogen-bond acceptors (Lipinski definition) is 5. The summed E-state index contributed by atoms with van der Waals surface area (Å²) in [6, 6.07) is 7.54. The Morgan fingerprint density at radius 2 is 1.97 bits per heavy atom. The highest BCUT2D eigenvalue weighted by Gasteiger charge is 2.28. The first kappa shape index (κ1) is 20.5. The van der Waals surface area contributed by atoms with Crippen LogP contribution in [0.25, 0.3) is 10.2 Å². The molecule has 2 N–H and O–H groups in total. The molecular weight excluding hydrogens is 396 g/mol. The van der Waals surface area contributed by atoms with E-state index in [2.05, 4.69) is 15.6 Å². The summed E-state index contributed by atoms with van der Waals surface area (Å²) in [6.45, 7) is 8.05. The molecule has 0 aliphatic heterocycles. The molecule has 0 spiro atoms. The average molecular weight is 423 g/mol. The van der Waals surface area contributed by atoms with Crippen LogP contribution in [-0.2, 0) is 11.3 Å². The van der Waals surface area contributed by atoms with Gasteiger partial charge in [0.2, 0.25) is 5.91 Å². The minimum atomic E-state index is -0.112. The Kier molecular flexibility index (Phi) is 5.56. The molecule has 0 atom stereocenters. The zero-order chi connectivity index (χ0) is 21.4. The molecule has 30 heavy (non-hydrogen) atoms. The Hall–Kier alpha value is -2.80. The van der Waals surface area contributed by atoms with Gasteiger partial charge >= 0.3 is 0 Å². The zero-order valence-electron chi connectivity index (χ0n) is 17.7. The number of carbonyl (C=O) groups is 2. The van der Waals surface area contributed by atoms with Crippen molar-refractivity contribution in [3.8, 4) is 0 Å². The number of amides is 2. The Bertz CT molecular complexity index is 1130. The molecule has 2 aromatic heterocycles. The molecule has 1 fully saturated rings. The highest BCUT2D eigenvalue weighted by molar-refractivity contribution is 7.20. The van der Waals surface area contributed by atoms with Gasteiger partial charge < -0.3 is 10.6 Å². The van der Waals surface area contributed by atoms with Crippen molar-refractivity contribution >= 4 is 39.1 Å². The zero-order valence-corrected chi connectivity index (χ0v) is 18.5. The Morgan fingerprint density at radius 3 is 2.67 bits per heavy atom. The third-order valence-electron chi connectivity index (χ3n) is 5.31. The smallest absolute Gasteiger partial charge is 0.261 e. The average Bonchev–Trinajstić information content (AvgIpc) is 3.50. The molecule has 4 rings (SSSR count). The number of nitrogens with zero attached hydrogens (tertiary/aromatic N) is 2. The lowest BCUT2D eigenvalue weighted by Gasteiger charge is -2.10. The molecule has 0 bridgehead atoms. The van der Waals surface area contributed by atoms with Crippen molar-refractivity contribution in [3.63, 3.8) is 0 Å². The number of anilines is 1. The number of benzene rings is 1. The van der Waals surface area contributed by atoms with E-state index in [1.165, 1.54) is 11.3 Å². The normalized spacial score (nSPS) is 13.6. The molecule has 2 heterocycles. The van der Waals surface area contributed by atoms with Gasteiger partial charge in [-0.3, -0.25) is 9.59 Å². The van der Waals surface area contributed by atoms with E-state index in [9.17, 15) is 9.59 Å². The highest BCUT2D eigenvalue weighted by atomic mass is 32.1. The summed E-state index contributed by atoms with van der Waals surface area (Å²) in [5.74, 6) is 1.17. The Balaban J connectivity index is 1.49. The summed E-state index contributed by atoms with van der Waals surface area (Å²) in [7, 11) is 0. The molecule has 7 heteroatoms. The molecule has 0 unspecified atom stereocenters. The summed E-state index contributed by atoms with van der Waals surface area (Å²) < 4.78 is 0. The van der Waals surface area contributed by atoms with E-state index in [0.29, 0.717) is 17.3 Å². The van der Waals surface area contributed by atoms with Crippen molar-refractivity contribution in [1.82, 2.24) is 15.3 Å². The predicted molar refractivity (Wildman–Crippen MR) is 120 cm³/mol. The molecule has 156 valence electrons. The van der Waals surface area contributed by atoms with Gasteiger partial charge in [0, 0.05) is 29.5 Å². The van der Waals surface area contributed by atoms with Crippen LogP contribution >= 0.6 is 11.3 Å². The first-order chi connectivity index (χ1) is 14.3. The maximum atomic E-state index is 12.9. The van der Waals surface area contributed by atoms with Crippen LogP contribution < -0.4 is 10.6 Å². The number of hydrogen-bond donors (Lipinski definition) is 2. The van der Waals surface area contributed by atoms with Crippen LogP contribution in [0.4, 0.5) is 5.69 Å². The lowest BCUT2D eigenvalue weighted by atomic mass is 10.1. The monoisotopic (exact) mass is 422 g/mol. The summed E-state index contributed by atoms with van der Waals surface area (Å²) >= 11 is 1.44. The Labute approximate surface area is 180 Å². The first-order valence-corrected chi connectivity index (χ1v) is 11.1. The van der Waals surface area contributed by atoms with E-state index >= 15 is 0 Å². The number of rotatable bonds is 6. The van der Waals surface area contributed by atoms with Crippen molar-refractivity contribution < 1.29 is 9.59 Å². The van der Waals surface area contributed by atoms with Crippen LogP contribution in [0, 0.1) is 19.8 Å². The molecule has 1 aliphatic carbocycles. The van der Waals surface area contributed by atoms with Gasteiger partial charge in [-0.25, -0.2) is 9.97 Å². The van der Waals surface area contributed by atoms with Gasteiger partial charge in [-0.2, -0.15) is 0 Å². The summed E-state index contributed by atoms with van der Waals surface area (Å²) in [4.78, 5) is 35.7. The van der Waals surface area contributed by atoms with Gasteiger partial charge in [0.1, 0.15) is 10.7 Å². The van der Waals surface area contributed by atoms with Crippen LogP contribution in [0.15, 0.2) is 24.3 Å². The second-order valence-electron chi connectivity index (χ2n) is 8.20. The van der Waals surface area contributed by atoms with Crippen LogP contribution in [0.5, 0.6) is 0 Å². The van der Waals surface area contributed by atoms with Crippen molar-refractivity contribution in [1.29, 1.82) is 0 Å². The van der Waals surface area contributed by atoms with Crippen LogP contribution in [0.1, 0.15) is 64.9 Å². The standard InChI is InChI=1S/C23H26N4O2S/c1-12(2)21(28)26-17-7-5-6-15(10-17)11-24-22(29)19-13(3)18-14(4)25-20(16-8-9-16)27-23(18)30-19/h5-7,10,12,16H,8-9,11H2,1-4H3,(H,24,29)(H,26,28). The molecule has 0 radical (unpaired) electrons. The van der Waals surface area contributed by atoms with Crippen LogP contribution in [-0.4, -0.2) is 21.8 Å². The fraction of sp³-hybridized carbons (Fsp3) is 0.391. The van der Waals surface area contributed by atoms with Crippen LogP contribution in [0.2, 0.25) is 0 Å². The van der Waals surface area contributed by atoms with Crippen molar-refractivity contribution in [2.45, 2.75) is 53.0 Å². The number of fused-ring (bicyclic) bond motifs is 1. The first-order valence-electron chi connectivity index (χ1n) is 10.3. The largest absolute Gasteiger partial charge is 0.347 e. The van der Waals surface area contributed by atoms with E-state index < -0.39 is 0 Å². The third kappa shape index (κ3) is 4.21. The van der Waals surface area contributed by atoms with Gasteiger partial charge in [-0.15, -0.1) is 11.3 Å². The minimum absolute atomic E-state index is 0.0286. The van der Waals surface area contributed by atoms with Gasteiger partial charge in [0.15, 0.2) is 0 Å². The van der Waals surface area contributed by atoms with Gasteiger partial charge in [-0.1, -0.05) is 26.0 Å². The second-order valence-corrected chi connectivity index (χ2v) is 9.20. The molecule has 6 nitrogen and oxygen atoms in total. The van der Waals surface area contributed by atoms with Gasteiger partial charge in [0.25, 0.3) is 5.91 Å². The number of thiophene rings is 1. The van der Waals surface area contributed by atoms with Gasteiger partial charge in [0.05, 0.1) is 10.6 Å². The molecule has 0 saturated heterocycles. The van der Waals surface area contributed by atoms with Gasteiger partial charge in [-0.05, 0) is 49.9 Å². The van der Waals surface area contributed by atoms with E-state index in [-0.39, 0.29) is 17.7 Å². The van der Waals surface area contributed by atoms with Crippen molar-refractivity contribution in [3.05, 3.63) is 51.8 Å². The van der Waals surface area contributed by atoms with E-state index in [1.807, 2.05) is 52.0 Å². The number of aromatic nitrogens is 2. The number of carbonyl (C=O) groups excluding carboxylic acids is 2. The van der Waals surface area contributed by atoms with Crippen molar-refractivity contribution in [2.75, 3.05) is 5.32 Å². The number of aryl methyl sites for hydroxylation is 2. The SMILES string of the molecule is Cc1nc(C2CC2)nc2sc(C(=O)NCc3cccc(NC(=O)C(C)C)c3)c(C)c12. The molecule has 1 aromatic carbocycles. The van der Waals surface area contributed by atoms with E-state index in [4.69, 9.17) is 4.98 Å². The lowest BCUT2D eigenvalue weighted by Crippen LogP contribution is -2.22. The molecule has 1 aliphatic rings. The summed E-state index contributed by atoms with van der Waals surface area (Å²) in [5, 5.41) is 6.88. The van der Waals surface area contributed by atoms with E-state index in [0.717, 1.165) is 51.4 Å². The fourth-order valence-corrected chi connectivity index (χ4v) is 4.56. The predicted octanol–water partition coefficient (Wildman–Crippen LogP) is 4.71. The van der Waals surface area contributed by atoms with Crippen molar-refractivity contribution in [2.24, 2.45) is 5.92 Å². The summed E-state index contributed by atoms with van der Waals surface area (Å²) in [6.07, 6.45) is 2.30. The summed E-state index contributed by atoms with van der Waals surface area (Å²) in [5.41, 5.74) is 3.54. The number of nitrogens with one attached hydrogen (secondary N) is 2. The quantitative estimate of drug-likeness (QED) is 0.602. The van der Waals surface area contributed by atoms with E-state index in [1.54, 1.807) is 0 Å². The topological polar surface area (TPSA) is 84.0 Å². The maximum absolute atomic E-state index is 12.9. The molecular formula is C23H26N4O2S. The Morgan fingerprint density at radius 1 is 1.20 bits per heavy atom. The maximum Gasteiger partial charge on any atom is 0.261 e.